The maximum absolute atomic E-state index is 11.1. The third-order valence-corrected chi connectivity index (χ3v) is 3.41. The number of benzene rings is 1. The molecule has 0 bridgehead atoms. The lowest BCUT2D eigenvalue weighted by Gasteiger charge is -2.19. The zero-order valence-electron chi connectivity index (χ0n) is 12.3. The van der Waals surface area contributed by atoms with E-state index in [0.29, 0.717) is 11.0 Å². The van der Waals surface area contributed by atoms with Gasteiger partial charge in [-0.3, -0.25) is 4.79 Å². The number of rotatable bonds is 5. The number of nitrogens with zero attached hydrogens (tertiary/aromatic N) is 2. The van der Waals surface area contributed by atoms with Crippen LogP contribution in [0.15, 0.2) is 36.5 Å². The van der Waals surface area contributed by atoms with Crippen LogP contribution >= 0.6 is 23.8 Å². The average molecular weight is 351 g/mol. The largest absolute Gasteiger partial charge is 0.481 e. The van der Waals surface area contributed by atoms with E-state index in [0.717, 1.165) is 11.3 Å². The van der Waals surface area contributed by atoms with Crippen molar-refractivity contribution in [2.24, 2.45) is 0 Å². The lowest BCUT2D eigenvalue weighted by molar-refractivity contribution is -0.137. The Morgan fingerprint density at radius 2 is 2.22 bits per heavy atom. The second-order valence-corrected chi connectivity index (χ2v) is 5.67. The van der Waals surface area contributed by atoms with Crippen LogP contribution in [0.5, 0.6) is 0 Å². The van der Waals surface area contributed by atoms with Crippen molar-refractivity contribution in [3.8, 4) is 0 Å². The minimum Gasteiger partial charge on any atom is -0.481 e. The van der Waals surface area contributed by atoms with Gasteiger partial charge in [0, 0.05) is 16.9 Å². The summed E-state index contributed by atoms with van der Waals surface area (Å²) in [5.41, 5.74) is 1.52. The molecule has 6 nitrogen and oxygen atoms in total. The first-order chi connectivity index (χ1) is 10.9. The molecule has 0 saturated carbocycles. The molecule has 3 N–H and O–H groups in total. The number of carboxylic acid groups (broad SMARTS) is 1. The van der Waals surface area contributed by atoms with Crippen LogP contribution in [-0.4, -0.2) is 26.2 Å². The maximum Gasteiger partial charge on any atom is 0.305 e. The molecule has 1 atom stereocenters. The number of anilines is 1. The number of carbonyl (C=O) groups is 1. The SMILES string of the molecule is Cc1ccnc(NC(=S)NC(CC(=O)O)c2cccc(Cl)c2)n1. The van der Waals surface area contributed by atoms with Crippen molar-refractivity contribution >= 4 is 40.8 Å². The van der Waals surface area contributed by atoms with Crippen molar-refractivity contribution in [2.45, 2.75) is 19.4 Å². The lowest BCUT2D eigenvalue weighted by Crippen LogP contribution is -2.34. The zero-order chi connectivity index (χ0) is 16.8. The van der Waals surface area contributed by atoms with Gasteiger partial charge in [0.05, 0.1) is 12.5 Å². The highest BCUT2D eigenvalue weighted by atomic mass is 35.5. The van der Waals surface area contributed by atoms with E-state index in [1.54, 1.807) is 36.5 Å². The molecule has 2 aromatic rings. The van der Waals surface area contributed by atoms with Crippen molar-refractivity contribution in [1.29, 1.82) is 0 Å². The standard InChI is InChI=1S/C15H15ClN4O2S/c1-9-5-6-17-14(18-9)20-15(23)19-12(8-13(21)22)10-3-2-4-11(16)7-10/h2-7,12H,8H2,1H3,(H,21,22)(H2,17,18,19,20,23). The summed E-state index contributed by atoms with van der Waals surface area (Å²) in [6.07, 6.45) is 1.47. The maximum atomic E-state index is 11.1. The summed E-state index contributed by atoms with van der Waals surface area (Å²) in [6, 6.07) is 8.22. The quantitative estimate of drug-likeness (QED) is 0.714. The Morgan fingerprint density at radius 1 is 1.43 bits per heavy atom. The Labute approximate surface area is 143 Å². The van der Waals surface area contributed by atoms with Crippen LogP contribution in [0.4, 0.5) is 5.95 Å². The molecule has 2 rings (SSSR count). The molecule has 0 saturated heterocycles. The van der Waals surface area contributed by atoms with Gasteiger partial charge in [0.25, 0.3) is 0 Å². The number of aryl methyl sites for hydroxylation is 1. The Kier molecular flexibility index (Phi) is 5.84. The highest BCUT2D eigenvalue weighted by Crippen LogP contribution is 2.20. The van der Waals surface area contributed by atoms with Crippen LogP contribution in [0.1, 0.15) is 23.7 Å². The van der Waals surface area contributed by atoms with Crippen LogP contribution < -0.4 is 10.6 Å². The molecule has 1 aromatic carbocycles. The van der Waals surface area contributed by atoms with Gasteiger partial charge < -0.3 is 15.7 Å². The predicted octanol–water partition coefficient (Wildman–Crippen LogP) is 2.94. The third-order valence-electron chi connectivity index (χ3n) is 2.96. The van der Waals surface area contributed by atoms with Crippen molar-refractivity contribution in [2.75, 3.05) is 5.32 Å². The molecule has 0 aliphatic heterocycles. The van der Waals surface area contributed by atoms with Crippen molar-refractivity contribution in [3.63, 3.8) is 0 Å². The summed E-state index contributed by atoms with van der Waals surface area (Å²) < 4.78 is 0. The number of hydrogen-bond donors (Lipinski definition) is 3. The molecule has 23 heavy (non-hydrogen) atoms. The van der Waals surface area contributed by atoms with E-state index in [4.69, 9.17) is 28.9 Å². The molecule has 0 amide bonds. The molecule has 0 fully saturated rings. The molecular formula is C15H15ClN4O2S. The van der Waals surface area contributed by atoms with E-state index in [-0.39, 0.29) is 11.5 Å². The average Bonchev–Trinajstić information content (AvgIpc) is 2.46. The highest BCUT2D eigenvalue weighted by Gasteiger charge is 2.17. The Hall–Kier alpha value is -2.25. The second-order valence-electron chi connectivity index (χ2n) is 4.83. The molecule has 1 unspecified atom stereocenters. The highest BCUT2D eigenvalue weighted by molar-refractivity contribution is 7.80. The topological polar surface area (TPSA) is 87.1 Å². The molecule has 1 aromatic heterocycles. The first kappa shape index (κ1) is 17.1. The summed E-state index contributed by atoms with van der Waals surface area (Å²) in [5, 5.41) is 15.7. The van der Waals surface area contributed by atoms with Gasteiger partial charge in [0.1, 0.15) is 0 Å². The normalized spacial score (nSPS) is 11.6. The van der Waals surface area contributed by atoms with Gasteiger partial charge in [0.2, 0.25) is 5.95 Å². The summed E-state index contributed by atoms with van der Waals surface area (Å²) in [6.45, 7) is 1.84. The molecular weight excluding hydrogens is 336 g/mol. The van der Waals surface area contributed by atoms with Crippen molar-refractivity contribution in [3.05, 3.63) is 52.8 Å². The molecule has 0 radical (unpaired) electrons. The fraction of sp³-hybridized carbons (Fsp3) is 0.200. The number of aromatic nitrogens is 2. The Bertz CT molecular complexity index is 726. The minimum atomic E-state index is -0.947. The Balaban J connectivity index is 2.11. The fourth-order valence-electron chi connectivity index (χ4n) is 1.96. The van der Waals surface area contributed by atoms with Gasteiger partial charge in [0.15, 0.2) is 5.11 Å². The number of carboxylic acids is 1. The molecule has 8 heteroatoms. The van der Waals surface area contributed by atoms with Gasteiger partial charge >= 0.3 is 5.97 Å². The van der Waals surface area contributed by atoms with Crippen molar-refractivity contribution < 1.29 is 9.90 Å². The number of nitrogens with one attached hydrogen (secondary N) is 2. The van der Waals surface area contributed by atoms with Crippen LogP contribution in [0.3, 0.4) is 0 Å². The van der Waals surface area contributed by atoms with Gasteiger partial charge in [-0.05, 0) is 42.9 Å². The smallest absolute Gasteiger partial charge is 0.305 e. The monoisotopic (exact) mass is 350 g/mol. The first-order valence-corrected chi connectivity index (χ1v) is 7.57. The fourth-order valence-corrected chi connectivity index (χ4v) is 2.39. The van der Waals surface area contributed by atoms with Crippen molar-refractivity contribution in [1.82, 2.24) is 15.3 Å². The van der Waals surface area contributed by atoms with E-state index < -0.39 is 12.0 Å². The lowest BCUT2D eigenvalue weighted by atomic mass is 10.0. The third kappa shape index (κ3) is 5.46. The van der Waals surface area contributed by atoms with E-state index in [2.05, 4.69) is 20.6 Å². The van der Waals surface area contributed by atoms with Crippen LogP contribution in [-0.2, 0) is 4.79 Å². The first-order valence-electron chi connectivity index (χ1n) is 6.78. The number of halogens is 1. The molecule has 0 spiro atoms. The van der Waals surface area contributed by atoms with Crippen LogP contribution in [0.2, 0.25) is 5.02 Å². The van der Waals surface area contributed by atoms with Gasteiger partial charge in [-0.25, -0.2) is 9.97 Å². The molecule has 120 valence electrons. The van der Waals surface area contributed by atoms with Crippen LogP contribution in [0, 0.1) is 6.92 Å². The minimum absolute atomic E-state index is 0.142. The number of aliphatic carboxylic acids is 1. The summed E-state index contributed by atoms with van der Waals surface area (Å²) >= 11 is 11.2. The van der Waals surface area contributed by atoms with Crippen LogP contribution in [0.25, 0.3) is 0 Å². The van der Waals surface area contributed by atoms with E-state index in [1.807, 2.05) is 6.92 Å². The summed E-state index contributed by atoms with van der Waals surface area (Å²) in [5.74, 6) is -0.597. The number of hydrogen-bond acceptors (Lipinski definition) is 4. The van der Waals surface area contributed by atoms with E-state index in [9.17, 15) is 4.79 Å². The van der Waals surface area contributed by atoms with E-state index >= 15 is 0 Å². The predicted molar refractivity (Wildman–Crippen MR) is 92.6 cm³/mol. The van der Waals surface area contributed by atoms with Gasteiger partial charge in [-0.1, -0.05) is 23.7 Å². The van der Waals surface area contributed by atoms with Gasteiger partial charge in [-0.15, -0.1) is 0 Å². The summed E-state index contributed by atoms with van der Waals surface area (Å²) in [4.78, 5) is 19.3. The molecule has 0 aliphatic carbocycles. The van der Waals surface area contributed by atoms with Gasteiger partial charge in [-0.2, -0.15) is 0 Å². The zero-order valence-corrected chi connectivity index (χ0v) is 13.9. The molecule has 1 heterocycles. The Morgan fingerprint density at radius 3 is 2.87 bits per heavy atom. The summed E-state index contributed by atoms with van der Waals surface area (Å²) in [7, 11) is 0. The second kappa shape index (κ2) is 7.85. The van der Waals surface area contributed by atoms with E-state index in [1.165, 1.54) is 0 Å². The molecule has 0 aliphatic rings. The number of thiocarbonyl (C=S) groups is 1.